The predicted octanol–water partition coefficient (Wildman–Crippen LogP) is 4.58. The molecule has 0 atom stereocenters. The van der Waals surface area contributed by atoms with Crippen molar-refractivity contribution in [2.24, 2.45) is 0 Å². The monoisotopic (exact) mass is 464 g/mol. The van der Waals surface area contributed by atoms with Crippen molar-refractivity contribution in [3.05, 3.63) is 95.4 Å². The van der Waals surface area contributed by atoms with Crippen LogP contribution in [0.1, 0.15) is 15.2 Å². The number of benzene rings is 3. The molecule has 0 bridgehead atoms. The highest BCUT2D eigenvalue weighted by atomic mass is 32.2. The molecular weight excluding hydrogens is 444 g/mol. The zero-order chi connectivity index (χ0) is 22.6. The summed E-state index contributed by atoms with van der Waals surface area (Å²) in [4.78, 5) is 17.7. The van der Waals surface area contributed by atoms with E-state index in [0.717, 1.165) is 16.9 Å². The highest BCUT2D eigenvalue weighted by Gasteiger charge is 2.29. The van der Waals surface area contributed by atoms with E-state index in [1.807, 2.05) is 48.5 Å². The van der Waals surface area contributed by atoms with Crippen LogP contribution in [0.5, 0.6) is 5.75 Å². The maximum Gasteiger partial charge on any atom is 0.263 e. The third-order valence-electron chi connectivity index (χ3n) is 4.75. The van der Waals surface area contributed by atoms with E-state index in [4.69, 9.17) is 4.74 Å². The average molecular weight is 465 g/mol. The summed E-state index contributed by atoms with van der Waals surface area (Å²) in [5, 5.41) is 2.86. The van der Waals surface area contributed by atoms with Crippen molar-refractivity contribution in [2.45, 2.75) is 15.8 Å². The Hall–Kier alpha value is -3.49. The van der Waals surface area contributed by atoms with E-state index < -0.39 is 9.84 Å². The van der Waals surface area contributed by atoms with Gasteiger partial charge in [-0.2, -0.15) is 0 Å². The first kappa shape index (κ1) is 21.7. The largest absolute Gasteiger partial charge is 0.495 e. The van der Waals surface area contributed by atoms with E-state index in [2.05, 4.69) is 10.3 Å². The lowest BCUT2D eigenvalue weighted by atomic mass is 10.1. The lowest BCUT2D eigenvalue weighted by Gasteiger charge is -2.06. The van der Waals surface area contributed by atoms with Crippen LogP contribution in [-0.2, 0) is 16.4 Å². The zero-order valence-corrected chi connectivity index (χ0v) is 18.8. The summed E-state index contributed by atoms with van der Waals surface area (Å²) in [6.07, 6.45) is 0. The summed E-state index contributed by atoms with van der Waals surface area (Å²) in [6.45, 7) is 0.320. The molecule has 0 aliphatic carbocycles. The number of nitrogens with zero attached hydrogens (tertiary/aromatic N) is 1. The quantitative estimate of drug-likeness (QED) is 0.433. The molecule has 4 aromatic rings. The third-order valence-corrected chi connectivity index (χ3v) is 7.97. The Kier molecular flexibility index (Phi) is 6.34. The average Bonchev–Trinajstić information content (AvgIpc) is 3.30. The van der Waals surface area contributed by atoms with E-state index in [-0.39, 0.29) is 25.8 Å². The van der Waals surface area contributed by atoms with Crippen LogP contribution in [0.15, 0.2) is 94.2 Å². The van der Waals surface area contributed by atoms with Gasteiger partial charge in [-0.15, -0.1) is 0 Å². The molecule has 0 saturated carbocycles. The maximum atomic E-state index is 13.3. The lowest BCUT2D eigenvalue weighted by Crippen LogP contribution is -2.22. The van der Waals surface area contributed by atoms with Crippen LogP contribution >= 0.6 is 11.3 Å². The van der Waals surface area contributed by atoms with E-state index in [1.54, 1.807) is 30.3 Å². The number of methoxy groups -OCH3 is 1. The van der Waals surface area contributed by atoms with Gasteiger partial charge in [0.05, 0.1) is 12.8 Å². The molecule has 8 heteroatoms. The number of sulfone groups is 1. The lowest BCUT2D eigenvalue weighted by molar-refractivity contribution is 0.0955. The van der Waals surface area contributed by atoms with Gasteiger partial charge in [-0.3, -0.25) is 4.79 Å². The maximum absolute atomic E-state index is 13.3. The number of amides is 1. The summed E-state index contributed by atoms with van der Waals surface area (Å²) in [7, 11) is -2.58. The number of hydrogen-bond donors (Lipinski definition) is 1. The minimum Gasteiger partial charge on any atom is -0.495 e. The summed E-state index contributed by atoms with van der Waals surface area (Å²) in [5.74, 6) is -0.161. The topological polar surface area (TPSA) is 85.4 Å². The Bertz CT molecular complexity index is 1330. The Morgan fingerprint density at radius 3 is 2.25 bits per heavy atom. The first-order valence-corrected chi connectivity index (χ1v) is 12.1. The van der Waals surface area contributed by atoms with E-state index in [1.165, 1.54) is 13.2 Å². The molecule has 0 spiro atoms. The Balaban J connectivity index is 1.75. The summed E-state index contributed by atoms with van der Waals surface area (Å²) in [6, 6.07) is 24.9. The molecular formula is C24H20N2O4S2. The molecule has 0 unspecified atom stereocenters. The van der Waals surface area contributed by atoms with Crippen LogP contribution in [-0.4, -0.2) is 26.4 Å². The van der Waals surface area contributed by atoms with Crippen molar-refractivity contribution < 1.29 is 17.9 Å². The summed E-state index contributed by atoms with van der Waals surface area (Å²) < 4.78 is 31.8. The molecule has 1 amide bonds. The third kappa shape index (κ3) is 4.42. The first-order chi connectivity index (χ1) is 15.5. The number of carbonyl (C=O) groups is 1. The minimum atomic E-state index is -3.99. The van der Waals surface area contributed by atoms with Gasteiger partial charge in [-0.1, -0.05) is 84.1 Å². The van der Waals surface area contributed by atoms with Gasteiger partial charge in [0.15, 0.2) is 0 Å². The van der Waals surface area contributed by atoms with Crippen LogP contribution in [0.2, 0.25) is 0 Å². The zero-order valence-electron chi connectivity index (χ0n) is 17.2. The molecule has 0 aliphatic rings. The fourth-order valence-electron chi connectivity index (χ4n) is 3.15. The Morgan fingerprint density at radius 1 is 0.938 bits per heavy atom. The van der Waals surface area contributed by atoms with E-state index in [9.17, 15) is 13.2 Å². The number of rotatable bonds is 7. The Morgan fingerprint density at radius 2 is 1.56 bits per heavy atom. The Labute approximate surface area is 190 Å². The van der Waals surface area contributed by atoms with Crippen molar-refractivity contribution in [3.63, 3.8) is 0 Å². The van der Waals surface area contributed by atoms with Gasteiger partial charge >= 0.3 is 0 Å². The molecule has 0 fully saturated rings. The summed E-state index contributed by atoms with van der Waals surface area (Å²) >= 11 is 0.852. The molecule has 0 saturated heterocycles. The SMILES string of the molecule is COc1ccccc1S(=O)(=O)c1nc(-c2ccccc2)c(C(=O)NCc2ccccc2)s1. The molecule has 1 aromatic heterocycles. The number of thiazole rings is 1. The van der Waals surface area contributed by atoms with Gasteiger partial charge in [-0.25, -0.2) is 13.4 Å². The fourth-order valence-corrected chi connectivity index (χ4v) is 5.92. The van der Waals surface area contributed by atoms with Gasteiger partial charge in [0.2, 0.25) is 14.2 Å². The molecule has 32 heavy (non-hydrogen) atoms. The number of carbonyl (C=O) groups excluding carboxylic acids is 1. The first-order valence-electron chi connectivity index (χ1n) is 9.77. The van der Waals surface area contributed by atoms with Crippen LogP contribution in [0.25, 0.3) is 11.3 Å². The van der Waals surface area contributed by atoms with Gasteiger partial charge in [0.25, 0.3) is 5.91 Å². The van der Waals surface area contributed by atoms with Crippen molar-refractivity contribution >= 4 is 27.1 Å². The standard InChI is InChI=1S/C24H20N2O4S2/c1-30-19-14-8-9-15-20(19)32(28,29)24-26-21(18-12-6-3-7-13-18)22(31-24)23(27)25-16-17-10-4-2-5-11-17/h2-15H,16H2,1H3,(H,25,27). The van der Waals surface area contributed by atoms with Gasteiger partial charge in [0.1, 0.15) is 15.5 Å². The molecule has 0 radical (unpaired) electrons. The van der Waals surface area contributed by atoms with Crippen LogP contribution < -0.4 is 10.1 Å². The van der Waals surface area contributed by atoms with Gasteiger partial charge in [0, 0.05) is 12.1 Å². The second-order valence-corrected chi connectivity index (χ2v) is 9.94. The minimum absolute atomic E-state index is 0.00658. The van der Waals surface area contributed by atoms with Crippen molar-refractivity contribution in [2.75, 3.05) is 7.11 Å². The van der Waals surface area contributed by atoms with Gasteiger partial charge in [-0.05, 0) is 17.7 Å². The van der Waals surface area contributed by atoms with Crippen molar-refractivity contribution in [3.8, 4) is 17.0 Å². The number of nitrogens with one attached hydrogen (secondary N) is 1. The highest BCUT2D eigenvalue weighted by Crippen LogP contribution is 2.36. The smallest absolute Gasteiger partial charge is 0.263 e. The van der Waals surface area contributed by atoms with E-state index in [0.29, 0.717) is 17.8 Å². The molecule has 0 aliphatic heterocycles. The predicted molar refractivity (Wildman–Crippen MR) is 124 cm³/mol. The van der Waals surface area contributed by atoms with Crippen LogP contribution in [0.4, 0.5) is 0 Å². The fraction of sp³-hybridized carbons (Fsp3) is 0.0833. The van der Waals surface area contributed by atoms with Crippen molar-refractivity contribution in [1.29, 1.82) is 0 Å². The van der Waals surface area contributed by atoms with Crippen LogP contribution in [0.3, 0.4) is 0 Å². The molecule has 3 aromatic carbocycles. The second-order valence-electron chi connectivity index (χ2n) is 6.85. The van der Waals surface area contributed by atoms with Crippen molar-refractivity contribution in [1.82, 2.24) is 10.3 Å². The molecule has 1 heterocycles. The molecule has 6 nitrogen and oxygen atoms in total. The molecule has 162 valence electrons. The second kappa shape index (κ2) is 9.33. The number of aromatic nitrogens is 1. The van der Waals surface area contributed by atoms with E-state index >= 15 is 0 Å². The number of ether oxygens (including phenoxy) is 1. The highest BCUT2D eigenvalue weighted by molar-refractivity contribution is 7.93. The normalized spacial score (nSPS) is 11.2. The molecule has 1 N–H and O–H groups in total. The summed E-state index contributed by atoms with van der Waals surface area (Å²) in [5.41, 5.74) is 1.93. The van der Waals surface area contributed by atoms with Gasteiger partial charge < -0.3 is 10.1 Å². The van der Waals surface area contributed by atoms with Crippen LogP contribution in [0, 0.1) is 0 Å². The molecule has 4 rings (SSSR count). The number of hydrogen-bond acceptors (Lipinski definition) is 6. The number of para-hydroxylation sites is 1.